The fraction of sp³-hybridized carbons (Fsp3) is 0.650. The largest absolute Gasteiger partial charge is 0.371 e. The highest BCUT2D eigenvalue weighted by molar-refractivity contribution is 5.85. The van der Waals surface area contributed by atoms with Crippen molar-refractivity contribution in [3.63, 3.8) is 0 Å². The lowest BCUT2D eigenvalue weighted by molar-refractivity contribution is -0.138. The summed E-state index contributed by atoms with van der Waals surface area (Å²) in [5, 5.41) is 3.28. The zero-order chi connectivity index (χ0) is 16.5. The van der Waals surface area contributed by atoms with Gasteiger partial charge in [-0.15, -0.1) is 24.8 Å². The Hall–Kier alpha value is -0.970. The summed E-state index contributed by atoms with van der Waals surface area (Å²) in [6.45, 7) is 8.34. The van der Waals surface area contributed by atoms with Crippen LogP contribution in [0.2, 0.25) is 0 Å². The van der Waals surface area contributed by atoms with Crippen molar-refractivity contribution in [2.45, 2.75) is 26.2 Å². The second kappa shape index (κ2) is 9.29. The van der Waals surface area contributed by atoms with E-state index >= 15 is 0 Å². The molecular formula is C20H31Cl2N3O. The van der Waals surface area contributed by atoms with Crippen LogP contribution in [0.5, 0.6) is 0 Å². The average molecular weight is 400 g/mol. The molecule has 2 fully saturated rings. The van der Waals surface area contributed by atoms with Crippen molar-refractivity contribution in [3.8, 4) is 0 Å². The Balaban J connectivity index is 0.00000121. The minimum atomic E-state index is 0. The third-order valence-corrected chi connectivity index (χ3v) is 6.30. The van der Waals surface area contributed by atoms with Crippen LogP contribution in [0.15, 0.2) is 24.3 Å². The maximum absolute atomic E-state index is 12.6. The summed E-state index contributed by atoms with van der Waals surface area (Å²) in [4.78, 5) is 17.3. The Morgan fingerprint density at radius 2 is 1.85 bits per heavy atom. The van der Waals surface area contributed by atoms with Crippen molar-refractivity contribution in [1.29, 1.82) is 0 Å². The van der Waals surface area contributed by atoms with Gasteiger partial charge in [-0.3, -0.25) is 4.79 Å². The molecular weight excluding hydrogens is 369 g/mol. The Bertz CT molecular complexity index is 600. The van der Waals surface area contributed by atoms with Gasteiger partial charge in [-0.1, -0.05) is 25.1 Å². The van der Waals surface area contributed by atoms with E-state index in [1.54, 1.807) is 0 Å². The predicted octanol–water partition coefficient (Wildman–Crippen LogP) is 2.99. The summed E-state index contributed by atoms with van der Waals surface area (Å²) < 4.78 is 0. The van der Waals surface area contributed by atoms with Crippen molar-refractivity contribution in [2.24, 2.45) is 17.8 Å². The Morgan fingerprint density at radius 3 is 2.50 bits per heavy atom. The molecule has 6 heteroatoms. The molecule has 0 aromatic heterocycles. The van der Waals surface area contributed by atoms with E-state index in [1.807, 2.05) is 0 Å². The number of halogens is 2. The van der Waals surface area contributed by atoms with E-state index in [0.29, 0.717) is 11.8 Å². The molecule has 4 rings (SSSR count). The number of likely N-dealkylation sites (tertiary alicyclic amines) is 1. The molecule has 3 aliphatic rings. The van der Waals surface area contributed by atoms with Gasteiger partial charge in [0.25, 0.3) is 0 Å². The van der Waals surface area contributed by atoms with E-state index in [-0.39, 0.29) is 30.7 Å². The van der Waals surface area contributed by atoms with Crippen molar-refractivity contribution >= 4 is 36.4 Å². The van der Waals surface area contributed by atoms with E-state index < -0.39 is 0 Å². The minimum absolute atomic E-state index is 0. The molecule has 4 nitrogen and oxygen atoms in total. The minimum Gasteiger partial charge on any atom is -0.371 e. The number of para-hydroxylation sites is 1. The highest BCUT2D eigenvalue weighted by Gasteiger charge is 2.33. The van der Waals surface area contributed by atoms with Crippen molar-refractivity contribution in [2.75, 3.05) is 44.2 Å². The summed E-state index contributed by atoms with van der Waals surface area (Å²) in [5.41, 5.74) is 2.93. The van der Waals surface area contributed by atoms with Crippen LogP contribution in [-0.4, -0.2) is 50.1 Å². The van der Waals surface area contributed by atoms with Crippen molar-refractivity contribution < 1.29 is 4.79 Å². The van der Waals surface area contributed by atoms with Crippen molar-refractivity contribution in [3.05, 3.63) is 29.8 Å². The summed E-state index contributed by atoms with van der Waals surface area (Å²) in [6, 6.07) is 8.81. The highest BCUT2D eigenvalue weighted by atomic mass is 35.5. The van der Waals surface area contributed by atoms with Gasteiger partial charge >= 0.3 is 0 Å². The second-order valence-corrected chi connectivity index (χ2v) is 7.80. The van der Waals surface area contributed by atoms with Crippen LogP contribution in [0.3, 0.4) is 0 Å². The van der Waals surface area contributed by atoms with Crippen LogP contribution in [0, 0.1) is 17.8 Å². The number of carbonyl (C=O) groups excluding carboxylic acids is 1. The van der Waals surface area contributed by atoms with E-state index in [9.17, 15) is 4.79 Å². The average Bonchev–Trinajstić information content (AvgIpc) is 2.96. The van der Waals surface area contributed by atoms with E-state index in [4.69, 9.17) is 0 Å². The number of benzene rings is 1. The second-order valence-electron chi connectivity index (χ2n) is 7.80. The number of fused-ring (bicyclic) bond motifs is 1. The Morgan fingerprint density at radius 1 is 1.15 bits per heavy atom. The molecule has 0 spiro atoms. The highest BCUT2D eigenvalue weighted by Crippen LogP contribution is 2.30. The van der Waals surface area contributed by atoms with Gasteiger partial charge in [0, 0.05) is 37.8 Å². The Kier molecular flexibility index (Phi) is 7.63. The fourth-order valence-electron chi connectivity index (χ4n) is 4.40. The summed E-state index contributed by atoms with van der Waals surface area (Å²) in [7, 11) is 0. The fourth-order valence-corrected chi connectivity index (χ4v) is 4.40. The number of nitrogens with zero attached hydrogens (tertiary/aromatic N) is 2. The Labute approximate surface area is 169 Å². The van der Waals surface area contributed by atoms with Crippen LogP contribution >= 0.6 is 24.8 Å². The van der Waals surface area contributed by atoms with Gasteiger partial charge in [0.05, 0.1) is 0 Å². The lowest BCUT2D eigenvalue weighted by Gasteiger charge is -2.39. The molecule has 3 aliphatic heterocycles. The lowest BCUT2D eigenvalue weighted by atomic mass is 9.87. The number of amides is 1. The first-order valence-electron chi connectivity index (χ1n) is 9.54. The molecule has 26 heavy (non-hydrogen) atoms. The summed E-state index contributed by atoms with van der Waals surface area (Å²) in [6.07, 6.45) is 3.49. The summed E-state index contributed by atoms with van der Waals surface area (Å²) in [5.74, 6) is 1.84. The van der Waals surface area contributed by atoms with Gasteiger partial charge in [0.15, 0.2) is 0 Å². The molecule has 0 bridgehead atoms. The number of hydrogen-bond acceptors (Lipinski definition) is 3. The molecule has 1 aromatic carbocycles. The molecule has 1 aromatic rings. The van der Waals surface area contributed by atoms with Gasteiger partial charge in [0.1, 0.15) is 0 Å². The van der Waals surface area contributed by atoms with Crippen LogP contribution in [0.1, 0.15) is 25.3 Å². The third-order valence-electron chi connectivity index (χ3n) is 6.30. The molecule has 1 amide bonds. The predicted molar refractivity (Wildman–Crippen MR) is 112 cm³/mol. The van der Waals surface area contributed by atoms with Gasteiger partial charge in [0.2, 0.25) is 5.91 Å². The molecule has 0 radical (unpaired) electrons. The van der Waals surface area contributed by atoms with Crippen LogP contribution in [0.25, 0.3) is 0 Å². The number of nitrogens with one attached hydrogen (secondary N) is 1. The zero-order valence-electron chi connectivity index (χ0n) is 15.5. The van der Waals surface area contributed by atoms with Crippen molar-refractivity contribution in [1.82, 2.24) is 10.2 Å². The molecule has 0 aliphatic carbocycles. The van der Waals surface area contributed by atoms with Crippen LogP contribution < -0.4 is 10.2 Å². The SMILES string of the molecule is CC(C(=O)N1CCC(CN2CCc3ccccc32)CC1)C1CNC1.Cl.Cl. The smallest absolute Gasteiger partial charge is 0.225 e. The van der Waals surface area contributed by atoms with E-state index in [1.165, 1.54) is 17.7 Å². The van der Waals surface area contributed by atoms with Gasteiger partial charge in [-0.2, -0.15) is 0 Å². The quantitative estimate of drug-likeness (QED) is 0.844. The van der Waals surface area contributed by atoms with E-state index in [2.05, 4.69) is 46.3 Å². The van der Waals surface area contributed by atoms with Gasteiger partial charge in [-0.25, -0.2) is 0 Å². The number of rotatable bonds is 4. The van der Waals surface area contributed by atoms with Crippen LogP contribution in [-0.2, 0) is 11.2 Å². The van der Waals surface area contributed by atoms with Crippen LogP contribution in [0.4, 0.5) is 5.69 Å². The summed E-state index contributed by atoms with van der Waals surface area (Å²) >= 11 is 0. The first-order chi connectivity index (χ1) is 11.7. The van der Waals surface area contributed by atoms with Gasteiger partial charge in [-0.05, 0) is 55.8 Å². The maximum Gasteiger partial charge on any atom is 0.225 e. The normalized spacial score (nSPS) is 21.3. The maximum atomic E-state index is 12.6. The number of carbonyl (C=O) groups is 1. The molecule has 1 atom stereocenters. The van der Waals surface area contributed by atoms with Gasteiger partial charge < -0.3 is 15.1 Å². The molecule has 2 saturated heterocycles. The zero-order valence-corrected chi connectivity index (χ0v) is 17.2. The van der Waals surface area contributed by atoms with E-state index in [0.717, 1.165) is 58.0 Å². The topological polar surface area (TPSA) is 35.6 Å². The first kappa shape index (κ1) is 21.3. The molecule has 1 unspecified atom stereocenters. The standard InChI is InChI=1S/C20H29N3O.2ClH/c1-15(18-12-21-13-18)20(24)22-9-6-16(7-10-22)14-23-11-8-17-4-2-3-5-19(17)23;;/h2-5,15-16,18,21H,6-14H2,1H3;2*1H. The lowest BCUT2D eigenvalue weighted by Crippen LogP contribution is -2.51. The molecule has 3 heterocycles. The molecule has 146 valence electrons. The first-order valence-corrected chi connectivity index (χ1v) is 9.54. The monoisotopic (exact) mass is 399 g/mol. The third kappa shape index (κ3) is 4.29. The number of hydrogen-bond donors (Lipinski definition) is 1. The molecule has 1 N–H and O–H groups in total. The number of anilines is 1. The molecule has 0 saturated carbocycles. The number of piperidine rings is 1.